The topological polar surface area (TPSA) is 75.7 Å². The van der Waals surface area contributed by atoms with Crippen molar-refractivity contribution in [2.45, 2.75) is 38.2 Å². The van der Waals surface area contributed by atoms with Gasteiger partial charge < -0.3 is 19.4 Å². The Hall–Kier alpha value is -1.72. The van der Waals surface area contributed by atoms with Gasteiger partial charge in [-0.15, -0.1) is 0 Å². The number of carboxylic acid groups (broad SMARTS) is 1. The molecule has 2 aliphatic rings. The zero-order valence-corrected chi connectivity index (χ0v) is 14.5. The van der Waals surface area contributed by atoms with Gasteiger partial charge in [0.1, 0.15) is 28.7 Å². The van der Waals surface area contributed by atoms with E-state index in [2.05, 4.69) is 0 Å². The molecule has 1 aromatic carbocycles. The normalized spacial score (nSPS) is 21.6. The van der Waals surface area contributed by atoms with E-state index < -0.39 is 18.2 Å². The second kappa shape index (κ2) is 6.30. The minimum Gasteiger partial charge on any atom is -0.546 e. The summed E-state index contributed by atoms with van der Waals surface area (Å²) < 4.78 is 11.3. The summed E-state index contributed by atoms with van der Waals surface area (Å²) in [5, 5.41) is 10.9. The molecule has 1 aromatic rings. The van der Waals surface area contributed by atoms with Crippen molar-refractivity contribution < 1.29 is 24.2 Å². The first-order chi connectivity index (χ1) is 11.4. The Kier molecular flexibility index (Phi) is 4.49. The monoisotopic (exact) mass is 369 g/mol. The molecule has 1 unspecified atom stereocenters. The number of carboxylic acids is 1. The molecule has 0 spiro atoms. The number of allylic oxidation sites excluding steroid dienone is 1. The number of aliphatic carboxylic acids is 1. The van der Waals surface area contributed by atoms with Gasteiger partial charge in [0, 0.05) is 23.6 Å². The molecule has 5 nitrogen and oxygen atoms in total. The maximum Gasteiger partial charge on any atom is 0.156 e. The number of benzene rings is 1. The van der Waals surface area contributed by atoms with Crippen LogP contribution in [0.25, 0.3) is 5.57 Å². The predicted molar refractivity (Wildman–Crippen MR) is 87.4 cm³/mol. The van der Waals surface area contributed by atoms with Gasteiger partial charge in [0.25, 0.3) is 0 Å². The van der Waals surface area contributed by atoms with E-state index in [1.54, 1.807) is 6.08 Å². The number of hydrogen-bond donors (Lipinski definition) is 0. The highest BCUT2D eigenvalue weighted by atomic mass is 35.5. The van der Waals surface area contributed by atoms with Crippen molar-refractivity contribution >= 4 is 40.5 Å². The quantitative estimate of drug-likeness (QED) is 0.797. The van der Waals surface area contributed by atoms with Crippen LogP contribution in [0.5, 0.6) is 11.5 Å². The Balaban J connectivity index is 2.09. The van der Waals surface area contributed by atoms with E-state index >= 15 is 0 Å². The lowest BCUT2D eigenvalue weighted by Crippen LogP contribution is -2.36. The van der Waals surface area contributed by atoms with Crippen molar-refractivity contribution in [3.63, 3.8) is 0 Å². The van der Waals surface area contributed by atoms with Crippen molar-refractivity contribution in [1.29, 1.82) is 0 Å². The van der Waals surface area contributed by atoms with E-state index in [0.29, 0.717) is 24.2 Å². The van der Waals surface area contributed by atoms with Gasteiger partial charge in [-0.25, -0.2) is 0 Å². The highest BCUT2D eigenvalue weighted by Crippen LogP contribution is 2.56. The van der Waals surface area contributed by atoms with Crippen molar-refractivity contribution in [1.82, 2.24) is 0 Å². The third kappa shape index (κ3) is 2.76. The fourth-order valence-corrected chi connectivity index (χ4v) is 3.80. The summed E-state index contributed by atoms with van der Waals surface area (Å²) in [6.07, 6.45) is 4.18. The first-order valence-electron chi connectivity index (χ1n) is 7.67. The van der Waals surface area contributed by atoms with Crippen LogP contribution in [0.4, 0.5) is 0 Å². The van der Waals surface area contributed by atoms with Gasteiger partial charge in [0.15, 0.2) is 5.78 Å². The predicted octanol–water partition coefficient (Wildman–Crippen LogP) is 2.80. The Bertz CT molecular complexity index is 756. The molecule has 1 aliphatic heterocycles. The zero-order valence-electron chi connectivity index (χ0n) is 13.0. The molecule has 3 rings (SSSR count). The number of carbonyl (C=O) groups excluding carboxylic acids is 2. The van der Waals surface area contributed by atoms with E-state index in [4.69, 9.17) is 32.7 Å². The van der Waals surface area contributed by atoms with Crippen LogP contribution in [-0.2, 0) is 9.59 Å². The molecule has 0 saturated carbocycles. The molecular formula is C17H15Cl2O5-. The van der Waals surface area contributed by atoms with Crippen LogP contribution in [0.3, 0.4) is 0 Å². The average molecular weight is 370 g/mol. The lowest BCUT2D eigenvalue weighted by atomic mass is 9.78. The maximum atomic E-state index is 11.9. The molecule has 0 amide bonds. The summed E-state index contributed by atoms with van der Waals surface area (Å²) in [6.45, 7) is 1.40. The number of ether oxygens (including phenoxy) is 2. The molecule has 0 aromatic heterocycles. The van der Waals surface area contributed by atoms with Gasteiger partial charge >= 0.3 is 0 Å². The minimum absolute atomic E-state index is 0.0256. The number of rotatable bonds is 5. The molecule has 0 bridgehead atoms. The van der Waals surface area contributed by atoms with Gasteiger partial charge in [0.05, 0.1) is 11.0 Å². The first-order valence-corrected chi connectivity index (χ1v) is 8.42. The van der Waals surface area contributed by atoms with Crippen LogP contribution in [0.1, 0.15) is 38.2 Å². The van der Waals surface area contributed by atoms with Crippen LogP contribution in [0.2, 0.25) is 10.0 Å². The third-order valence-corrected chi connectivity index (χ3v) is 5.13. The minimum atomic E-state index is -1.37. The molecule has 24 heavy (non-hydrogen) atoms. The third-order valence-electron chi connectivity index (χ3n) is 4.28. The lowest BCUT2D eigenvalue weighted by Gasteiger charge is -2.32. The van der Waals surface area contributed by atoms with Crippen molar-refractivity contribution in [3.8, 4) is 11.5 Å². The number of fused-ring (bicyclic) bond motifs is 3. The average Bonchev–Trinajstić information content (AvgIpc) is 2.83. The molecule has 0 N–H and O–H groups in total. The van der Waals surface area contributed by atoms with Crippen molar-refractivity contribution in [2.24, 2.45) is 0 Å². The molecule has 1 atom stereocenters. The van der Waals surface area contributed by atoms with Gasteiger partial charge in [-0.2, -0.15) is 0 Å². The summed E-state index contributed by atoms with van der Waals surface area (Å²) >= 11 is 12.6. The highest BCUT2D eigenvalue weighted by molar-refractivity contribution is 6.44. The Morgan fingerprint density at radius 2 is 2.17 bits per heavy atom. The van der Waals surface area contributed by atoms with E-state index in [1.165, 1.54) is 6.07 Å². The van der Waals surface area contributed by atoms with Crippen LogP contribution < -0.4 is 14.6 Å². The van der Waals surface area contributed by atoms with Crippen LogP contribution in [-0.4, -0.2) is 24.0 Å². The van der Waals surface area contributed by atoms with E-state index in [9.17, 15) is 14.7 Å². The van der Waals surface area contributed by atoms with Gasteiger partial charge in [-0.05, 0) is 18.9 Å². The molecule has 128 valence electrons. The largest absolute Gasteiger partial charge is 0.546 e. The standard InChI is InChI=1S/C17H16Cl2O5/c1-2-4-17-5-3-9(20)6-10(17)14-11(24-17)7-12(15(18)16(14)19)23-8-13(21)22/h6-7H,2-5,8H2,1H3,(H,21,22)/p-1. The van der Waals surface area contributed by atoms with Crippen molar-refractivity contribution in [3.05, 3.63) is 27.8 Å². The SMILES string of the molecule is CCCC12CCC(=O)C=C1c1c(cc(OCC(=O)[O-])c(Cl)c1Cl)O2. The zero-order chi connectivity index (χ0) is 17.5. The van der Waals surface area contributed by atoms with Crippen molar-refractivity contribution in [2.75, 3.05) is 6.61 Å². The molecule has 0 fully saturated rings. The fourth-order valence-electron chi connectivity index (χ4n) is 3.31. The molecular weight excluding hydrogens is 355 g/mol. The first kappa shape index (κ1) is 17.1. The van der Waals surface area contributed by atoms with E-state index in [0.717, 1.165) is 18.4 Å². The Morgan fingerprint density at radius 3 is 2.83 bits per heavy atom. The van der Waals surface area contributed by atoms with Crippen LogP contribution >= 0.6 is 23.2 Å². The molecule has 1 heterocycles. The maximum absolute atomic E-state index is 11.9. The summed E-state index contributed by atoms with van der Waals surface area (Å²) in [6, 6.07) is 1.52. The Labute approximate surface area is 149 Å². The van der Waals surface area contributed by atoms with Crippen LogP contribution in [0, 0.1) is 0 Å². The Morgan fingerprint density at radius 1 is 1.42 bits per heavy atom. The number of carbonyl (C=O) groups is 2. The summed E-state index contributed by atoms with van der Waals surface area (Å²) in [4.78, 5) is 22.5. The molecule has 0 radical (unpaired) electrons. The second-order valence-corrected chi connectivity index (χ2v) is 6.66. The number of hydrogen-bond acceptors (Lipinski definition) is 5. The number of halogens is 2. The summed E-state index contributed by atoms with van der Waals surface area (Å²) in [7, 11) is 0. The second-order valence-electron chi connectivity index (χ2n) is 5.91. The summed E-state index contributed by atoms with van der Waals surface area (Å²) in [5.74, 6) is -0.778. The van der Waals surface area contributed by atoms with Crippen LogP contribution in [0.15, 0.2) is 12.1 Å². The van der Waals surface area contributed by atoms with Gasteiger partial charge in [0.2, 0.25) is 0 Å². The van der Waals surface area contributed by atoms with Gasteiger partial charge in [-0.1, -0.05) is 36.5 Å². The molecule has 0 saturated heterocycles. The van der Waals surface area contributed by atoms with Gasteiger partial charge in [-0.3, -0.25) is 4.79 Å². The van der Waals surface area contributed by atoms with E-state index in [-0.39, 0.29) is 21.6 Å². The molecule has 7 heteroatoms. The lowest BCUT2D eigenvalue weighted by molar-refractivity contribution is -0.307. The number of ketones is 1. The summed E-state index contributed by atoms with van der Waals surface area (Å²) in [5.41, 5.74) is 0.739. The fraction of sp³-hybridized carbons (Fsp3) is 0.412. The highest BCUT2D eigenvalue weighted by Gasteiger charge is 2.47. The molecule has 1 aliphatic carbocycles. The smallest absolute Gasteiger partial charge is 0.156 e. The van der Waals surface area contributed by atoms with E-state index in [1.807, 2.05) is 6.92 Å².